The summed E-state index contributed by atoms with van der Waals surface area (Å²) in [4.78, 5) is 25.5. The van der Waals surface area contributed by atoms with Gasteiger partial charge in [-0.3, -0.25) is 9.59 Å². The van der Waals surface area contributed by atoms with Gasteiger partial charge in [0.1, 0.15) is 6.04 Å². The molecule has 23 heavy (non-hydrogen) atoms. The van der Waals surface area contributed by atoms with Gasteiger partial charge in [-0.05, 0) is 18.1 Å². The maximum atomic E-state index is 12.6. The predicted molar refractivity (Wildman–Crippen MR) is 85.0 cm³/mol. The van der Waals surface area contributed by atoms with E-state index in [-0.39, 0.29) is 29.2 Å². The van der Waals surface area contributed by atoms with E-state index in [1.54, 1.807) is 32.0 Å². The number of sulfonamides is 1. The third-order valence-corrected chi connectivity index (χ3v) is 5.08. The zero-order valence-corrected chi connectivity index (χ0v) is 14.0. The van der Waals surface area contributed by atoms with Crippen molar-refractivity contribution in [2.75, 3.05) is 19.6 Å². The van der Waals surface area contributed by atoms with Crippen LogP contribution in [-0.2, 0) is 19.6 Å². The summed E-state index contributed by atoms with van der Waals surface area (Å²) in [5.41, 5.74) is 0. The standard InChI is InChI=1S/C15H21N3O4S/c1-11(2)14(15(20)18-9-8-16-13(19)10-18)17-23(21,22)12-6-4-3-5-7-12/h3-7,11,14,17H,8-10H2,1-2H3,(H,16,19)/t14-/m1/s1. The third-order valence-electron chi connectivity index (χ3n) is 3.62. The van der Waals surface area contributed by atoms with E-state index in [9.17, 15) is 18.0 Å². The summed E-state index contributed by atoms with van der Waals surface area (Å²) in [5.74, 6) is -0.863. The van der Waals surface area contributed by atoms with Gasteiger partial charge in [0.25, 0.3) is 0 Å². The molecule has 1 aliphatic rings. The number of hydrogen-bond donors (Lipinski definition) is 2. The van der Waals surface area contributed by atoms with Crippen LogP contribution >= 0.6 is 0 Å². The van der Waals surface area contributed by atoms with Crippen LogP contribution in [0.4, 0.5) is 0 Å². The van der Waals surface area contributed by atoms with Crippen molar-refractivity contribution in [1.82, 2.24) is 14.9 Å². The van der Waals surface area contributed by atoms with E-state index in [4.69, 9.17) is 0 Å². The first-order valence-corrected chi connectivity index (χ1v) is 8.92. The number of rotatable bonds is 5. The molecule has 0 aromatic heterocycles. The van der Waals surface area contributed by atoms with Gasteiger partial charge in [-0.2, -0.15) is 4.72 Å². The number of carbonyl (C=O) groups excluding carboxylic acids is 2. The molecule has 0 spiro atoms. The van der Waals surface area contributed by atoms with Crippen LogP contribution in [0.15, 0.2) is 35.2 Å². The molecule has 2 rings (SSSR count). The molecular weight excluding hydrogens is 318 g/mol. The second-order valence-corrected chi connectivity index (χ2v) is 7.48. The minimum Gasteiger partial charge on any atom is -0.353 e. The van der Waals surface area contributed by atoms with Gasteiger partial charge in [0.05, 0.1) is 11.4 Å². The smallest absolute Gasteiger partial charge is 0.241 e. The lowest BCUT2D eigenvalue weighted by Crippen LogP contribution is -2.57. The molecule has 1 saturated heterocycles. The second-order valence-electron chi connectivity index (χ2n) is 5.77. The first-order valence-electron chi connectivity index (χ1n) is 7.44. The number of hydrogen-bond acceptors (Lipinski definition) is 4. The van der Waals surface area contributed by atoms with Crippen LogP contribution < -0.4 is 10.0 Å². The monoisotopic (exact) mass is 339 g/mol. The number of nitrogens with zero attached hydrogens (tertiary/aromatic N) is 1. The van der Waals surface area contributed by atoms with Crippen molar-refractivity contribution in [2.24, 2.45) is 5.92 Å². The maximum absolute atomic E-state index is 12.6. The zero-order chi connectivity index (χ0) is 17.0. The lowest BCUT2D eigenvalue weighted by Gasteiger charge is -2.31. The van der Waals surface area contributed by atoms with E-state index in [1.807, 2.05) is 0 Å². The summed E-state index contributed by atoms with van der Waals surface area (Å²) in [7, 11) is -3.80. The molecule has 1 aromatic carbocycles. The van der Waals surface area contributed by atoms with E-state index in [0.29, 0.717) is 13.1 Å². The molecule has 1 aliphatic heterocycles. The van der Waals surface area contributed by atoms with Crippen molar-refractivity contribution >= 4 is 21.8 Å². The Balaban J connectivity index is 2.18. The molecule has 7 nitrogen and oxygen atoms in total. The van der Waals surface area contributed by atoms with Crippen molar-refractivity contribution in [2.45, 2.75) is 24.8 Å². The highest BCUT2D eigenvalue weighted by atomic mass is 32.2. The predicted octanol–water partition coefficient (Wildman–Crippen LogP) is -0.0521. The fourth-order valence-corrected chi connectivity index (χ4v) is 3.69. The number of amides is 2. The normalized spacial score (nSPS) is 17.0. The number of benzene rings is 1. The minimum atomic E-state index is -3.80. The van der Waals surface area contributed by atoms with Crippen molar-refractivity contribution in [3.63, 3.8) is 0 Å². The molecule has 8 heteroatoms. The van der Waals surface area contributed by atoms with E-state index < -0.39 is 16.1 Å². The molecule has 1 heterocycles. The molecule has 0 radical (unpaired) electrons. The van der Waals surface area contributed by atoms with Gasteiger partial charge in [-0.1, -0.05) is 32.0 Å². The maximum Gasteiger partial charge on any atom is 0.241 e. The summed E-state index contributed by atoms with van der Waals surface area (Å²) in [6.07, 6.45) is 0. The molecule has 1 aromatic rings. The third kappa shape index (κ3) is 4.29. The first-order chi connectivity index (χ1) is 10.8. The fourth-order valence-electron chi connectivity index (χ4n) is 2.33. The minimum absolute atomic E-state index is 0.0465. The molecule has 126 valence electrons. The van der Waals surface area contributed by atoms with E-state index >= 15 is 0 Å². The van der Waals surface area contributed by atoms with Gasteiger partial charge in [0.15, 0.2) is 0 Å². The van der Waals surface area contributed by atoms with Crippen LogP contribution in [0.25, 0.3) is 0 Å². The fraction of sp³-hybridized carbons (Fsp3) is 0.467. The zero-order valence-electron chi connectivity index (χ0n) is 13.2. The lowest BCUT2D eigenvalue weighted by atomic mass is 10.0. The Kier molecular flexibility index (Phi) is 5.38. The molecule has 0 bridgehead atoms. The van der Waals surface area contributed by atoms with Crippen molar-refractivity contribution < 1.29 is 18.0 Å². The Morgan fingerprint density at radius 3 is 2.48 bits per heavy atom. The van der Waals surface area contributed by atoms with E-state index in [0.717, 1.165) is 0 Å². The molecule has 0 saturated carbocycles. The topological polar surface area (TPSA) is 95.6 Å². The van der Waals surface area contributed by atoms with Crippen molar-refractivity contribution in [1.29, 1.82) is 0 Å². The van der Waals surface area contributed by atoms with Gasteiger partial charge in [0, 0.05) is 13.1 Å². The lowest BCUT2D eigenvalue weighted by molar-refractivity contribution is -0.140. The summed E-state index contributed by atoms with van der Waals surface area (Å²) in [6, 6.07) is 6.99. The highest BCUT2D eigenvalue weighted by Gasteiger charge is 2.33. The van der Waals surface area contributed by atoms with Crippen LogP contribution in [0.2, 0.25) is 0 Å². The Hall–Kier alpha value is -1.93. The number of nitrogens with one attached hydrogen (secondary N) is 2. The molecule has 0 unspecified atom stereocenters. The van der Waals surface area contributed by atoms with Crippen LogP contribution in [0.1, 0.15) is 13.8 Å². The highest BCUT2D eigenvalue weighted by molar-refractivity contribution is 7.89. The molecule has 1 atom stereocenters. The van der Waals surface area contributed by atoms with Gasteiger partial charge in [0.2, 0.25) is 21.8 Å². The summed E-state index contributed by atoms with van der Waals surface area (Å²) in [6.45, 7) is 4.23. The highest BCUT2D eigenvalue weighted by Crippen LogP contribution is 2.13. The first kappa shape index (κ1) is 17.4. The van der Waals surface area contributed by atoms with Crippen LogP contribution in [0.5, 0.6) is 0 Å². The van der Waals surface area contributed by atoms with Crippen LogP contribution in [0.3, 0.4) is 0 Å². The average Bonchev–Trinajstić information content (AvgIpc) is 2.52. The van der Waals surface area contributed by atoms with Gasteiger partial charge >= 0.3 is 0 Å². The summed E-state index contributed by atoms with van der Waals surface area (Å²) >= 11 is 0. The SMILES string of the molecule is CC(C)[C@@H](NS(=O)(=O)c1ccccc1)C(=O)N1CCNC(=O)C1. The van der Waals surface area contributed by atoms with Crippen molar-refractivity contribution in [3.8, 4) is 0 Å². The van der Waals surface area contributed by atoms with E-state index in [1.165, 1.54) is 17.0 Å². The summed E-state index contributed by atoms with van der Waals surface area (Å²) < 4.78 is 27.3. The van der Waals surface area contributed by atoms with Gasteiger partial charge in [-0.15, -0.1) is 0 Å². The number of carbonyl (C=O) groups is 2. The molecule has 2 amide bonds. The quantitative estimate of drug-likeness (QED) is 0.786. The molecule has 1 fully saturated rings. The number of piperazine rings is 1. The second kappa shape index (κ2) is 7.10. The van der Waals surface area contributed by atoms with E-state index in [2.05, 4.69) is 10.0 Å². The largest absolute Gasteiger partial charge is 0.353 e. The van der Waals surface area contributed by atoms with Crippen molar-refractivity contribution in [3.05, 3.63) is 30.3 Å². The Bertz CT molecular complexity index is 673. The Morgan fingerprint density at radius 2 is 1.91 bits per heavy atom. The Labute approximate surface area is 136 Å². The van der Waals surface area contributed by atoms with Crippen LogP contribution in [0, 0.1) is 5.92 Å². The van der Waals surface area contributed by atoms with Gasteiger partial charge in [-0.25, -0.2) is 8.42 Å². The van der Waals surface area contributed by atoms with Gasteiger partial charge < -0.3 is 10.2 Å². The molecule has 0 aliphatic carbocycles. The summed E-state index contributed by atoms with van der Waals surface area (Å²) in [5, 5.41) is 2.64. The Morgan fingerprint density at radius 1 is 1.26 bits per heavy atom. The average molecular weight is 339 g/mol. The molecule has 2 N–H and O–H groups in total. The molecular formula is C15H21N3O4S. The van der Waals surface area contributed by atoms with Crippen LogP contribution in [-0.4, -0.2) is 50.8 Å².